The van der Waals surface area contributed by atoms with Gasteiger partial charge in [-0.1, -0.05) is 0 Å². The van der Waals surface area contributed by atoms with Gasteiger partial charge in [-0.05, 0) is 24.3 Å². The quantitative estimate of drug-likeness (QED) is 0.884. The Kier molecular flexibility index (Phi) is 5.11. The van der Waals surface area contributed by atoms with Gasteiger partial charge in [0.1, 0.15) is 5.75 Å². The Morgan fingerprint density at radius 3 is 2.50 bits per heavy atom. The topological polar surface area (TPSA) is 78.9 Å². The van der Waals surface area contributed by atoms with Crippen LogP contribution in [0, 0.1) is 0 Å². The maximum absolute atomic E-state index is 12.0. The van der Waals surface area contributed by atoms with Crippen LogP contribution in [-0.2, 0) is 4.79 Å². The Hall–Kier alpha value is -1.89. The summed E-state index contributed by atoms with van der Waals surface area (Å²) >= 11 is 1.85. The molecule has 0 aliphatic carbocycles. The molecular formula is C13H16N2O4S. The van der Waals surface area contributed by atoms with E-state index in [9.17, 15) is 9.59 Å². The van der Waals surface area contributed by atoms with E-state index in [1.54, 1.807) is 29.2 Å². The second kappa shape index (κ2) is 7.04. The summed E-state index contributed by atoms with van der Waals surface area (Å²) in [6.45, 7) is 1.14. The van der Waals surface area contributed by atoms with E-state index >= 15 is 0 Å². The smallest absolute Gasteiger partial charge is 0.341 e. The molecule has 0 saturated carbocycles. The van der Waals surface area contributed by atoms with Crippen molar-refractivity contribution in [3.8, 4) is 5.75 Å². The fourth-order valence-corrected chi connectivity index (χ4v) is 2.65. The van der Waals surface area contributed by atoms with Crippen molar-refractivity contribution < 1.29 is 19.4 Å². The summed E-state index contributed by atoms with van der Waals surface area (Å²) in [5, 5.41) is 11.3. The van der Waals surface area contributed by atoms with Crippen molar-refractivity contribution in [1.29, 1.82) is 0 Å². The van der Waals surface area contributed by atoms with Crippen molar-refractivity contribution in [2.24, 2.45) is 0 Å². The lowest BCUT2D eigenvalue weighted by molar-refractivity contribution is -0.139. The predicted octanol–water partition coefficient (Wildman–Crippen LogP) is 1.73. The van der Waals surface area contributed by atoms with E-state index in [1.807, 2.05) is 11.8 Å². The predicted molar refractivity (Wildman–Crippen MR) is 77.5 cm³/mol. The molecule has 7 heteroatoms. The van der Waals surface area contributed by atoms with Crippen LogP contribution < -0.4 is 10.1 Å². The maximum Gasteiger partial charge on any atom is 0.341 e. The molecule has 1 aromatic rings. The number of benzene rings is 1. The monoisotopic (exact) mass is 296 g/mol. The SMILES string of the molecule is O=C(O)COc1ccc(NC(=O)N2CCSCC2)cc1. The molecule has 6 nitrogen and oxygen atoms in total. The van der Waals surface area contributed by atoms with Crippen LogP contribution in [0.2, 0.25) is 0 Å². The third-order valence-electron chi connectivity index (χ3n) is 2.77. The minimum atomic E-state index is -1.02. The first-order chi connectivity index (χ1) is 9.65. The fraction of sp³-hybridized carbons (Fsp3) is 0.385. The molecule has 1 aliphatic rings. The molecule has 1 fully saturated rings. The second-order valence-corrected chi connectivity index (χ2v) is 5.46. The molecule has 1 aromatic carbocycles. The normalized spacial score (nSPS) is 14.7. The minimum Gasteiger partial charge on any atom is -0.482 e. The summed E-state index contributed by atoms with van der Waals surface area (Å²) in [7, 11) is 0. The number of nitrogens with one attached hydrogen (secondary N) is 1. The number of thioether (sulfide) groups is 1. The highest BCUT2D eigenvalue weighted by Crippen LogP contribution is 2.17. The van der Waals surface area contributed by atoms with Crippen LogP contribution in [-0.4, -0.2) is 53.2 Å². The number of hydrogen-bond donors (Lipinski definition) is 2. The van der Waals surface area contributed by atoms with Crippen molar-refractivity contribution in [3.63, 3.8) is 0 Å². The number of aliphatic carboxylic acids is 1. The van der Waals surface area contributed by atoms with Crippen LogP contribution in [0.15, 0.2) is 24.3 Å². The maximum atomic E-state index is 12.0. The number of nitrogens with zero attached hydrogens (tertiary/aromatic N) is 1. The number of carboxylic acid groups (broad SMARTS) is 1. The first kappa shape index (κ1) is 14.5. The van der Waals surface area contributed by atoms with Crippen molar-refractivity contribution in [2.75, 3.05) is 36.5 Å². The summed E-state index contributed by atoms with van der Waals surface area (Å²) in [6, 6.07) is 6.53. The number of hydrogen-bond acceptors (Lipinski definition) is 4. The average Bonchev–Trinajstić information content (AvgIpc) is 2.47. The Morgan fingerprint density at radius 2 is 1.90 bits per heavy atom. The van der Waals surface area contributed by atoms with Crippen molar-refractivity contribution >= 4 is 29.4 Å². The number of urea groups is 1. The van der Waals surface area contributed by atoms with E-state index < -0.39 is 5.97 Å². The van der Waals surface area contributed by atoms with Gasteiger partial charge in [0.15, 0.2) is 6.61 Å². The molecular weight excluding hydrogens is 280 g/mol. The molecule has 0 bridgehead atoms. The van der Waals surface area contributed by atoms with Gasteiger partial charge in [0, 0.05) is 30.3 Å². The highest BCUT2D eigenvalue weighted by molar-refractivity contribution is 7.99. The number of carboxylic acids is 1. The first-order valence-electron chi connectivity index (χ1n) is 6.23. The largest absolute Gasteiger partial charge is 0.482 e. The average molecular weight is 296 g/mol. The number of carbonyl (C=O) groups is 2. The Balaban J connectivity index is 1.86. The zero-order valence-corrected chi connectivity index (χ0v) is 11.7. The highest BCUT2D eigenvalue weighted by Gasteiger charge is 2.16. The van der Waals surface area contributed by atoms with Gasteiger partial charge in [-0.2, -0.15) is 11.8 Å². The van der Waals surface area contributed by atoms with Gasteiger partial charge >= 0.3 is 12.0 Å². The molecule has 1 aliphatic heterocycles. The van der Waals surface area contributed by atoms with Gasteiger partial charge in [0.05, 0.1) is 0 Å². The molecule has 2 N–H and O–H groups in total. The van der Waals surface area contributed by atoms with Crippen LogP contribution in [0.4, 0.5) is 10.5 Å². The van der Waals surface area contributed by atoms with Crippen molar-refractivity contribution in [1.82, 2.24) is 4.90 Å². The van der Waals surface area contributed by atoms with Crippen molar-refractivity contribution in [3.05, 3.63) is 24.3 Å². The summed E-state index contributed by atoms with van der Waals surface area (Å²) in [5.74, 6) is 1.37. The molecule has 1 heterocycles. The van der Waals surface area contributed by atoms with E-state index in [4.69, 9.17) is 9.84 Å². The van der Waals surface area contributed by atoms with Crippen LogP contribution in [0.5, 0.6) is 5.75 Å². The molecule has 0 spiro atoms. The number of amides is 2. The van der Waals surface area contributed by atoms with Crippen LogP contribution >= 0.6 is 11.8 Å². The lowest BCUT2D eigenvalue weighted by Gasteiger charge is -2.26. The molecule has 2 rings (SSSR count). The van der Waals surface area contributed by atoms with Gasteiger partial charge in [0.25, 0.3) is 0 Å². The van der Waals surface area contributed by atoms with Crippen LogP contribution in [0.1, 0.15) is 0 Å². The third-order valence-corrected chi connectivity index (χ3v) is 3.71. The minimum absolute atomic E-state index is 0.107. The van der Waals surface area contributed by atoms with E-state index in [1.165, 1.54) is 0 Å². The third kappa shape index (κ3) is 4.34. The lowest BCUT2D eigenvalue weighted by Crippen LogP contribution is -2.40. The molecule has 0 unspecified atom stereocenters. The molecule has 108 valence electrons. The molecule has 1 saturated heterocycles. The van der Waals surface area contributed by atoms with Gasteiger partial charge in [-0.25, -0.2) is 9.59 Å². The van der Waals surface area contributed by atoms with E-state index in [0.717, 1.165) is 24.6 Å². The summed E-state index contributed by atoms with van der Waals surface area (Å²) in [4.78, 5) is 24.1. The van der Waals surface area contributed by atoms with E-state index in [2.05, 4.69) is 5.32 Å². The van der Waals surface area contributed by atoms with Gasteiger partial charge in [-0.3, -0.25) is 0 Å². The highest BCUT2D eigenvalue weighted by atomic mass is 32.2. The van der Waals surface area contributed by atoms with Crippen molar-refractivity contribution in [2.45, 2.75) is 0 Å². The first-order valence-corrected chi connectivity index (χ1v) is 7.39. The summed E-state index contributed by atoms with van der Waals surface area (Å²) in [6.07, 6.45) is 0. The summed E-state index contributed by atoms with van der Waals surface area (Å²) in [5.41, 5.74) is 0.663. The lowest BCUT2D eigenvalue weighted by atomic mass is 10.3. The number of anilines is 1. The zero-order chi connectivity index (χ0) is 14.4. The number of carbonyl (C=O) groups excluding carboxylic acids is 1. The summed E-state index contributed by atoms with van der Waals surface area (Å²) < 4.78 is 5.02. The van der Waals surface area contributed by atoms with E-state index in [-0.39, 0.29) is 12.6 Å². The van der Waals surface area contributed by atoms with E-state index in [0.29, 0.717) is 11.4 Å². The van der Waals surface area contributed by atoms with Crippen LogP contribution in [0.25, 0.3) is 0 Å². The zero-order valence-electron chi connectivity index (χ0n) is 10.9. The molecule has 0 atom stereocenters. The molecule has 0 radical (unpaired) electrons. The standard InChI is InChI=1S/C13H16N2O4S/c16-12(17)9-19-11-3-1-10(2-4-11)14-13(18)15-5-7-20-8-6-15/h1-4H,5-9H2,(H,14,18)(H,16,17). The van der Waals surface area contributed by atoms with Crippen LogP contribution in [0.3, 0.4) is 0 Å². The van der Waals surface area contributed by atoms with Gasteiger partial charge in [0.2, 0.25) is 0 Å². The van der Waals surface area contributed by atoms with Gasteiger partial charge < -0.3 is 20.1 Å². The van der Waals surface area contributed by atoms with Gasteiger partial charge in [-0.15, -0.1) is 0 Å². The molecule has 20 heavy (non-hydrogen) atoms. The molecule has 2 amide bonds. The number of rotatable bonds is 4. The fourth-order valence-electron chi connectivity index (χ4n) is 1.75. The number of ether oxygens (including phenoxy) is 1. The molecule has 0 aromatic heterocycles. The Bertz CT molecular complexity index is 472. The second-order valence-electron chi connectivity index (χ2n) is 4.24. The Labute approximate surface area is 121 Å². The Morgan fingerprint density at radius 1 is 1.25 bits per heavy atom.